The van der Waals surface area contributed by atoms with Gasteiger partial charge >= 0.3 is 0 Å². The summed E-state index contributed by atoms with van der Waals surface area (Å²) in [6.45, 7) is 3.18. The van der Waals surface area contributed by atoms with Crippen molar-refractivity contribution in [1.29, 1.82) is 0 Å². The highest BCUT2D eigenvalue weighted by Crippen LogP contribution is 2.37. The van der Waals surface area contributed by atoms with Crippen molar-refractivity contribution in [3.8, 4) is 21.6 Å². The number of hydrogen-bond acceptors (Lipinski definition) is 4. The Morgan fingerprint density at radius 1 is 1.17 bits per heavy atom. The zero-order valence-electron chi connectivity index (χ0n) is 13.5. The molecular weight excluding hydrogens is 342 g/mol. The van der Waals surface area contributed by atoms with Crippen molar-refractivity contribution in [2.75, 3.05) is 6.61 Å². The molecule has 3 aromatic rings. The fourth-order valence-electron chi connectivity index (χ4n) is 2.43. The minimum Gasteiger partial charge on any atom is -0.393 e. The monoisotopic (exact) mass is 359 g/mol. The number of pyridine rings is 1. The summed E-state index contributed by atoms with van der Waals surface area (Å²) in [4.78, 5) is 5.25. The third-order valence-electron chi connectivity index (χ3n) is 3.94. The van der Waals surface area contributed by atoms with Gasteiger partial charge in [0.25, 0.3) is 0 Å². The Morgan fingerprint density at radius 3 is 2.67 bits per heavy atom. The number of halogens is 1. The first-order valence-electron chi connectivity index (χ1n) is 7.56. The second-order valence-electron chi connectivity index (χ2n) is 6.04. The van der Waals surface area contributed by atoms with Crippen LogP contribution in [0, 0.1) is 6.92 Å². The second-order valence-corrected chi connectivity index (χ2v) is 7.36. The molecule has 24 heavy (non-hydrogen) atoms. The van der Waals surface area contributed by atoms with Gasteiger partial charge < -0.3 is 10.2 Å². The molecule has 1 atom stereocenters. The molecule has 0 radical (unpaired) electrons. The molecule has 0 spiro atoms. The molecule has 2 heterocycles. The molecule has 0 aliphatic rings. The maximum Gasteiger partial charge on any atom is 0.127 e. The predicted octanol–water partition coefficient (Wildman–Crippen LogP) is 4.64. The van der Waals surface area contributed by atoms with E-state index < -0.39 is 5.60 Å². The molecule has 5 heteroatoms. The minimum atomic E-state index is -1.35. The quantitative estimate of drug-likeness (QED) is 0.713. The molecule has 3 nitrogen and oxygen atoms in total. The first kappa shape index (κ1) is 17.1. The smallest absolute Gasteiger partial charge is 0.127 e. The van der Waals surface area contributed by atoms with Gasteiger partial charge in [-0.05, 0) is 60.2 Å². The van der Waals surface area contributed by atoms with Crippen LogP contribution in [0.1, 0.15) is 18.2 Å². The van der Waals surface area contributed by atoms with Crippen LogP contribution in [0.2, 0.25) is 5.02 Å². The van der Waals surface area contributed by atoms with Crippen LogP contribution in [0.15, 0.2) is 48.0 Å². The Labute approximate surface area is 150 Å². The molecule has 0 aliphatic carbocycles. The SMILES string of the molecule is Cc1ccc(-c2cc(-c3ccnc(C(C)(O)CO)c3)cs2)c(Cl)c1. The first-order valence-corrected chi connectivity index (χ1v) is 8.82. The summed E-state index contributed by atoms with van der Waals surface area (Å²) in [5.41, 5.74) is 3.21. The van der Waals surface area contributed by atoms with Crippen LogP contribution in [-0.2, 0) is 5.60 Å². The van der Waals surface area contributed by atoms with Crippen LogP contribution in [-0.4, -0.2) is 21.8 Å². The van der Waals surface area contributed by atoms with Gasteiger partial charge in [0, 0.05) is 21.7 Å². The summed E-state index contributed by atoms with van der Waals surface area (Å²) in [6.07, 6.45) is 1.64. The molecule has 0 aliphatic heterocycles. The van der Waals surface area contributed by atoms with E-state index in [1.165, 1.54) is 0 Å². The average molecular weight is 360 g/mol. The number of hydrogen-bond donors (Lipinski definition) is 2. The van der Waals surface area contributed by atoms with E-state index in [1.54, 1.807) is 30.5 Å². The van der Waals surface area contributed by atoms with E-state index >= 15 is 0 Å². The third kappa shape index (κ3) is 3.37. The summed E-state index contributed by atoms with van der Waals surface area (Å²) in [6, 6.07) is 11.8. The lowest BCUT2D eigenvalue weighted by Gasteiger charge is -2.19. The molecule has 0 saturated heterocycles. The van der Waals surface area contributed by atoms with Crippen LogP contribution in [0.25, 0.3) is 21.6 Å². The van der Waals surface area contributed by atoms with E-state index in [2.05, 4.69) is 16.4 Å². The fraction of sp³-hybridized carbons (Fsp3) is 0.211. The standard InChI is InChI=1S/C19H18ClNO2S/c1-12-3-4-15(16(20)7-12)17-8-14(10-24-17)13-5-6-21-18(9-13)19(2,23)11-22/h3-10,22-23H,11H2,1-2H3. The van der Waals surface area contributed by atoms with Crippen molar-refractivity contribution in [1.82, 2.24) is 4.98 Å². The van der Waals surface area contributed by atoms with Crippen molar-refractivity contribution in [2.24, 2.45) is 0 Å². The number of aryl methyl sites for hydroxylation is 1. The highest BCUT2D eigenvalue weighted by atomic mass is 35.5. The Morgan fingerprint density at radius 2 is 1.96 bits per heavy atom. The number of rotatable bonds is 4. The first-order chi connectivity index (χ1) is 11.4. The molecule has 2 aromatic heterocycles. The zero-order valence-corrected chi connectivity index (χ0v) is 15.0. The highest BCUT2D eigenvalue weighted by molar-refractivity contribution is 7.14. The molecule has 1 unspecified atom stereocenters. The van der Waals surface area contributed by atoms with Gasteiger partial charge in [-0.25, -0.2) is 0 Å². The summed E-state index contributed by atoms with van der Waals surface area (Å²) < 4.78 is 0. The third-order valence-corrected chi connectivity index (χ3v) is 5.22. The number of aliphatic hydroxyl groups excluding tert-OH is 1. The van der Waals surface area contributed by atoms with Crippen molar-refractivity contribution in [3.63, 3.8) is 0 Å². The maximum absolute atomic E-state index is 10.2. The van der Waals surface area contributed by atoms with Crippen LogP contribution in [0.3, 0.4) is 0 Å². The fourth-order valence-corrected chi connectivity index (χ4v) is 3.79. The van der Waals surface area contributed by atoms with E-state index in [0.717, 1.165) is 32.2 Å². The van der Waals surface area contributed by atoms with Gasteiger partial charge in [-0.3, -0.25) is 4.98 Å². The van der Waals surface area contributed by atoms with Gasteiger partial charge in [-0.1, -0.05) is 23.7 Å². The normalized spacial score (nSPS) is 13.7. The highest BCUT2D eigenvalue weighted by Gasteiger charge is 2.24. The average Bonchev–Trinajstić information content (AvgIpc) is 3.04. The van der Waals surface area contributed by atoms with Crippen LogP contribution in [0.5, 0.6) is 0 Å². The van der Waals surface area contributed by atoms with E-state index in [-0.39, 0.29) is 6.61 Å². The van der Waals surface area contributed by atoms with Gasteiger partial charge in [0.15, 0.2) is 0 Å². The van der Waals surface area contributed by atoms with Crippen molar-refractivity contribution < 1.29 is 10.2 Å². The lowest BCUT2D eigenvalue weighted by atomic mass is 9.99. The second kappa shape index (κ2) is 6.65. The number of aromatic nitrogens is 1. The minimum absolute atomic E-state index is 0.378. The van der Waals surface area contributed by atoms with Gasteiger partial charge in [0.2, 0.25) is 0 Å². The number of thiophene rings is 1. The van der Waals surface area contributed by atoms with Crippen molar-refractivity contribution in [3.05, 3.63) is 64.3 Å². The summed E-state index contributed by atoms with van der Waals surface area (Å²) >= 11 is 7.98. The van der Waals surface area contributed by atoms with E-state index in [0.29, 0.717) is 5.69 Å². The van der Waals surface area contributed by atoms with E-state index in [9.17, 15) is 10.2 Å². The van der Waals surface area contributed by atoms with Crippen LogP contribution < -0.4 is 0 Å². The predicted molar refractivity (Wildman–Crippen MR) is 99.4 cm³/mol. The number of benzene rings is 1. The molecule has 2 N–H and O–H groups in total. The number of aliphatic hydroxyl groups is 2. The molecule has 124 valence electrons. The van der Waals surface area contributed by atoms with E-state index in [1.807, 2.05) is 31.2 Å². The van der Waals surface area contributed by atoms with Crippen LogP contribution in [0.4, 0.5) is 0 Å². The molecule has 1 aromatic carbocycles. The number of nitrogens with zero attached hydrogens (tertiary/aromatic N) is 1. The zero-order chi connectivity index (χ0) is 17.3. The summed E-state index contributed by atoms with van der Waals surface area (Å²) in [5, 5.41) is 22.3. The molecule has 3 rings (SSSR count). The molecular formula is C19H18ClNO2S. The maximum atomic E-state index is 10.2. The Balaban J connectivity index is 1.98. The van der Waals surface area contributed by atoms with Gasteiger partial charge in [0.1, 0.15) is 5.60 Å². The Kier molecular flexibility index (Phi) is 4.74. The largest absolute Gasteiger partial charge is 0.393 e. The van der Waals surface area contributed by atoms with E-state index in [4.69, 9.17) is 11.6 Å². The van der Waals surface area contributed by atoms with Crippen molar-refractivity contribution >= 4 is 22.9 Å². The Hall–Kier alpha value is -1.72. The topological polar surface area (TPSA) is 53.4 Å². The summed E-state index contributed by atoms with van der Waals surface area (Å²) in [7, 11) is 0. The lowest BCUT2D eigenvalue weighted by molar-refractivity contribution is -0.00580. The molecule has 0 fully saturated rings. The van der Waals surface area contributed by atoms with Gasteiger partial charge in [-0.2, -0.15) is 0 Å². The van der Waals surface area contributed by atoms with Gasteiger partial charge in [-0.15, -0.1) is 11.3 Å². The molecule has 0 amide bonds. The summed E-state index contributed by atoms with van der Waals surface area (Å²) in [5.74, 6) is 0. The lowest BCUT2D eigenvalue weighted by Crippen LogP contribution is -2.27. The van der Waals surface area contributed by atoms with Crippen LogP contribution >= 0.6 is 22.9 Å². The molecule has 0 bridgehead atoms. The van der Waals surface area contributed by atoms with Crippen molar-refractivity contribution in [2.45, 2.75) is 19.4 Å². The Bertz CT molecular complexity index is 873. The van der Waals surface area contributed by atoms with Gasteiger partial charge in [0.05, 0.1) is 12.3 Å². The molecule has 0 saturated carbocycles.